The van der Waals surface area contributed by atoms with Gasteiger partial charge in [-0.05, 0) is 12.1 Å². The molecule has 0 atom stereocenters. The standard InChI is InChI=1S/C13H19N5O3.2ClH/c14-7-12(19)16-9-13(20)17-11-2-1-10(8-15-11)18-3-5-21-6-4-18;;/h1-2,8H,3-7,9,14H2,(H,16,19)(H,15,17,20);2*1H. The third-order valence-electron chi connectivity index (χ3n) is 3.02. The highest BCUT2D eigenvalue weighted by atomic mass is 35.5. The Morgan fingerprint density at radius 1 is 1.22 bits per heavy atom. The van der Waals surface area contributed by atoms with E-state index in [1.54, 1.807) is 12.3 Å². The molecule has 8 nitrogen and oxygen atoms in total. The van der Waals surface area contributed by atoms with Crippen LogP contribution in [0, 0.1) is 0 Å². The average Bonchev–Trinajstić information content (AvgIpc) is 2.54. The SMILES string of the molecule is Cl.Cl.NCC(=O)NCC(=O)Nc1ccc(N2CCOCC2)cn1. The highest BCUT2D eigenvalue weighted by Gasteiger charge is 2.11. The Hall–Kier alpha value is -1.61. The molecule has 0 bridgehead atoms. The van der Waals surface area contributed by atoms with Crippen molar-refractivity contribution in [1.29, 1.82) is 0 Å². The fourth-order valence-corrected chi connectivity index (χ4v) is 1.91. The molecule has 1 aliphatic rings. The minimum Gasteiger partial charge on any atom is -0.378 e. The number of carbonyl (C=O) groups is 2. The molecule has 23 heavy (non-hydrogen) atoms. The van der Waals surface area contributed by atoms with E-state index in [1.807, 2.05) is 6.07 Å². The zero-order chi connectivity index (χ0) is 15.1. The summed E-state index contributed by atoms with van der Waals surface area (Å²) in [6.45, 7) is 2.82. The molecule has 0 radical (unpaired) electrons. The van der Waals surface area contributed by atoms with Crippen LogP contribution in [0.3, 0.4) is 0 Å². The van der Waals surface area contributed by atoms with Crippen molar-refractivity contribution >= 4 is 48.1 Å². The fraction of sp³-hybridized carbons (Fsp3) is 0.462. The van der Waals surface area contributed by atoms with E-state index in [4.69, 9.17) is 10.5 Å². The number of carbonyl (C=O) groups excluding carboxylic acids is 2. The number of nitrogens with one attached hydrogen (secondary N) is 2. The monoisotopic (exact) mass is 365 g/mol. The number of aromatic nitrogens is 1. The van der Waals surface area contributed by atoms with Crippen LogP contribution in [0.15, 0.2) is 18.3 Å². The molecule has 130 valence electrons. The van der Waals surface area contributed by atoms with Gasteiger partial charge < -0.3 is 26.0 Å². The first kappa shape index (κ1) is 21.4. The van der Waals surface area contributed by atoms with Gasteiger partial charge >= 0.3 is 0 Å². The van der Waals surface area contributed by atoms with Crippen LogP contribution in [-0.2, 0) is 14.3 Å². The van der Waals surface area contributed by atoms with Gasteiger partial charge in [0.05, 0.1) is 38.2 Å². The maximum absolute atomic E-state index is 11.6. The molecule has 0 saturated carbocycles. The largest absolute Gasteiger partial charge is 0.378 e. The molecule has 0 unspecified atom stereocenters. The molecule has 1 aromatic rings. The number of nitrogens with two attached hydrogens (primary N) is 1. The number of halogens is 2. The molecule has 0 aliphatic carbocycles. The number of amides is 2. The summed E-state index contributed by atoms with van der Waals surface area (Å²) in [5, 5.41) is 4.99. The quantitative estimate of drug-likeness (QED) is 0.665. The smallest absolute Gasteiger partial charge is 0.244 e. The summed E-state index contributed by atoms with van der Waals surface area (Å²) in [5.74, 6) is -0.275. The van der Waals surface area contributed by atoms with Crippen LogP contribution in [0.2, 0.25) is 0 Å². The van der Waals surface area contributed by atoms with Gasteiger partial charge in [-0.3, -0.25) is 9.59 Å². The summed E-state index contributed by atoms with van der Waals surface area (Å²) in [6.07, 6.45) is 1.71. The Kier molecular flexibility index (Phi) is 10.2. The number of hydrogen-bond donors (Lipinski definition) is 3. The lowest BCUT2D eigenvalue weighted by Crippen LogP contribution is -2.37. The molecule has 1 aliphatic heterocycles. The van der Waals surface area contributed by atoms with Gasteiger partial charge in [0.2, 0.25) is 11.8 Å². The molecule has 2 rings (SSSR count). The van der Waals surface area contributed by atoms with E-state index >= 15 is 0 Å². The Bertz CT molecular complexity index is 495. The predicted octanol–water partition coefficient (Wildman–Crippen LogP) is -0.225. The van der Waals surface area contributed by atoms with Crippen molar-refractivity contribution in [2.75, 3.05) is 49.6 Å². The summed E-state index contributed by atoms with van der Waals surface area (Å²) in [7, 11) is 0. The summed E-state index contributed by atoms with van der Waals surface area (Å²) in [6, 6.07) is 3.62. The molecule has 2 amide bonds. The zero-order valence-corrected chi connectivity index (χ0v) is 14.1. The fourth-order valence-electron chi connectivity index (χ4n) is 1.91. The predicted molar refractivity (Wildman–Crippen MR) is 92.5 cm³/mol. The minimum absolute atomic E-state index is 0. The maximum Gasteiger partial charge on any atom is 0.244 e. The lowest BCUT2D eigenvalue weighted by atomic mass is 10.3. The number of nitrogens with zero attached hydrogens (tertiary/aromatic N) is 2. The Morgan fingerprint density at radius 2 is 1.91 bits per heavy atom. The first-order valence-corrected chi connectivity index (χ1v) is 6.74. The van der Waals surface area contributed by atoms with Crippen molar-refractivity contribution in [3.63, 3.8) is 0 Å². The third-order valence-corrected chi connectivity index (χ3v) is 3.02. The maximum atomic E-state index is 11.6. The summed E-state index contributed by atoms with van der Waals surface area (Å²) < 4.78 is 5.29. The van der Waals surface area contributed by atoms with Crippen LogP contribution in [0.5, 0.6) is 0 Å². The number of anilines is 2. The van der Waals surface area contributed by atoms with Crippen LogP contribution in [0.4, 0.5) is 11.5 Å². The van der Waals surface area contributed by atoms with Crippen molar-refractivity contribution in [3.05, 3.63) is 18.3 Å². The molecular formula is C13H21Cl2N5O3. The third kappa shape index (κ3) is 7.00. The summed E-state index contributed by atoms with van der Waals surface area (Å²) in [5.41, 5.74) is 6.12. The lowest BCUT2D eigenvalue weighted by molar-refractivity contribution is -0.123. The molecule has 4 N–H and O–H groups in total. The van der Waals surface area contributed by atoms with Crippen molar-refractivity contribution in [2.24, 2.45) is 5.73 Å². The Balaban J connectivity index is 0.00000242. The van der Waals surface area contributed by atoms with Crippen LogP contribution in [0.1, 0.15) is 0 Å². The van der Waals surface area contributed by atoms with Crippen LogP contribution in [-0.4, -0.2) is 56.2 Å². The van der Waals surface area contributed by atoms with Gasteiger partial charge in [0, 0.05) is 13.1 Å². The Labute approximate surface area is 147 Å². The van der Waals surface area contributed by atoms with E-state index in [0.717, 1.165) is 18.8 Å². The zero-order valence-electron chi connectivity index (χ0n) is 12.5. The second-order valence-electron chi connectivity index (χ2n) is 4.53. The highest BCUT2D eigenvalue weighted by Crippen LogP contribution is 2.16. The van der Waals surface area contributed by atoms with Crippen molar-refractivity contribution in [3.8, 4) is 0 Å². The van der Waals surface area contributed by atoms with Crippen LogP contribution in [0.25, 0.3) is 0 Å². The number of ether oxygens (including phenoxy) is 1. The number of hydrogen-bond acceptors (Lipinski definition) is 6. The van der Waals surface area contributed by atoms with E-state index in [9.17, 15) is 9.59 Å². The van der Waals surface area contributed by atoms with E-state index < -0.39 is 0 Å². The number of pyridine rings is 1. The molecule has 2 heterocycles. The molecule has 1 aromatic heterocycles. The molecule has 1 saturated heterocycles. The molecule has 0 aromatic carbocycles. The molecule has 1 fully saturated rings. The van der Waals surface area contributed by atoms with Gasteiger partial charge in [0.25, 0.3) is 0 Å². The van der Waals surface area contributed by atoms with Crippen LogP contribution < -0.4 is 21.3 Å². The number of morpholine rings is 1. The molecular weight excluding hydrogens is 345 g/mol. The van der Waals surface area contributed by atoms with Gasteiger partial charge in [-0.1, -0.05) is 0 Å². The average molecular weight is 366 g/mol. The minimum atomic E-state index is -0.374. The van der Waals surface area contributed by atoms with Crippen molar-refractivity contribution < 1.29 is 14.3 Å². The topological polar surface area (TPSA) is 110 Å². The van der Waals surface area contributed by atoms with E-state index in [-0.39, 0.29) is 49.7 Å². The van der Waals surface area contributed by atoms with Gasteiger partial charge in [0.15, 0.2) is 0 Å². The Morgan fingerprint density at radius 3 is 2.48 bits per heavy atom. The number of rotatable bonds is 5. The van der Waals surface area contributed by atoms with Gasteiger partial charge in [-0.25, -0.2) is 4.98 Å². The van der Waals surface area contributed by atoms with Crippen molar-refractivity contribution in [2.45, 2.75) is 0 Å². The normalized spacial score (nSPS) is 13.3. The second-order valence-corrected chi connectivity index (χ2v) is 4.53. The molecule has 0 spiro atoms. The van der Waals surface area contributed by atoms with Crippen LogP contribution >= 0.6 is 24.8 Å². The highest BCUT2D eigenvalue weighted by molar-refractivity contribution is 5.94. The summed E-state index contributed by atoms with van der Waals surface area (Å²) >= 11 is 0. The van der Waals surface area contributed by atoms with E-state index in [2.05, 4.69) is 20.5 Å². The van der Waals surface area contributed by atoms with E-state index in [0.29, 0.717) is 19.0 Å². The van der Waals surface area contributed by atoms with Gasteiger partial charge in [-0.15, -0.1) is 24.8 Å². The van der Waals surface area contributed by atoms with E-state index in [1.165, 1.54) is 0 Å². The van der Waals surface area contributed by atoms with Crippen molar-refractivity contribution in [1.82, 2.24) is 10.3 Å². The lowest BCUT2D eigenvalue weighted by Gasteiger charge is -2.28. The summed E-state index contributed by atoms with van der Waals surface area (Å²) in [4.78, 5) is 28.9. The second kappa shape index (κ2) is 11.0. The van der Waals surface area contributed by atoms with Gasteiger partial charge in [0.1, 0.15) is 5.82 Å². The molecule has 10 heteroatoms. The van der Waals surface area contributed by atoms with Gasteiger partial charge in [-0.2, -0.15) is 0 Å². The first-order chi connectivity index (χ1) is 10.2. The first-order valence-electron chi connectivity index (χ1n) is 6.74.